The van der Waals surface area contributed by atoms with E-state index in [1.807, 2.05) is 24.3 Å². The molecule has 0 N–H and O–H groups in total. The van der Waals surface area contributed by atoms with Crippen LogP contribution in [0.5, 0.6) is 0 Å². The average molecular weight is 327 g/mol. The molecule has 2 rings (SSSR count). The van der Waals surface area contributed by atoms with Crippen LogP contribution in [0, 0.1) is 0 Å². The van der Waals surface area contributed by atoms with Gasteiger partial charge in [-0.05, 0) is 37.1 Å². The lowest BCUT2D eigenvalue weighted by Crippen LogP contribution is -2.01. The zero-order valence-corrected chi connectivity index (χ0v) is 12.9. The molecule has 1 fully saturated rings. The van der Waals surface area contributed by atoms with Crippen LogP contribution in [0.2, 0.25) is 0 Å². The molecule has 1 aromatic carbocycles. The molecule has 1 nitrogen and oxygen atoms in total. The normalized spacial score (nSPS) is 16.1. The van der Waals surface area contributed by atoms with Crippen LogP contribution in [0.3, 0.4) is 0 Å². The predicted octanol–water partition coefficient (Wildman–Crippen LogP) is 5.09. The Morgan fingerprint density at radius 1 is 1.22 bits per heavy atom. The van der Waals surface area contributed by atoms with Crippen LogP contribution in [0.1, 0.15) is 48.9 Å². The Kier molecular flexibility index (Phi) is 5.77. The first kappa shape index (κ1) is 14.1. The lowest BCUT2D eigenvalue weighted by Gasteiger charge is -2.07. The van der Waals surface area contributed by atoms with E-state index in [1.54, 1.807) is 0 Å². The van der Waals surface area contributed by atoms with Gasteiger partial charge in [-0.2, -0.15) is 11.8 Å². The summed E-state index contributed by atoms with van der Waals surface area (Å²) >= 11 is 5.45. The van der Waals surface area contributed by atoms with Crippen molar-refractivity contribution in [1.29, 1.82) is 0 Å². The zero-order chi connectivity index (χ0) is 12.8. The third kappa shape index (κ3) is 4.43. The molecule has 3 heteroatoms. The van der Waals surface area contributed by atoms with Gasteiger partial charge in [-0.3, -0.25) is 4.79 Å². The highest BCUT2D eigenvalue weighted by molar-refractivity contribution is 9.10. The fourth-order valence-electron chi connectivity index (χ4n) is 2.32. The maximum atomic E-state index is 11.9. The summed E-state index contributed by atoms with van der Waals surface area (Å²) < 4.78 is 1.02. The van der Waals surface area contributed by atoms with Gasteiger partial charge in [0.2, 0.25) is 0 Å². The number of halogens is 1. The van der Waals surface area contributed by atoms with Crippen molar-refractivity contribution in [2.24, 2.45) is 0 Å². The number of benzene rings is 1. The number of Topliss-reactive ketones (excluding diaryl/α,β-unsaturated/α-hetero) is 1. The van der Waals surface area contributed by atoms with Crippen molar-refractivity contribution < 1.29 is 4.79 Å². The molecule has 1 aliphatic rings. The predicted molar refractivity (Wildman–Crippen MR) is 82.4 cm³/mol. The molecule has 1 aromatic rings. The second kappa shape index (κ2) is 7.34. The van der Waals surface area contributed by atoms with Gasteiger partial charge in [0.25, 0.3) is 0 Å². The Balaban J connectivity index is 1.66. The van der Waals surface area contributed by atoms with Gasteiger partial charge < -0.3 is 0 Å². The Hall–Kier alpha value is -0.280. The molecule has 18 heavy (non-hydrogen) atoms. The maximum Gasteiger partial charge on any atom is 0.162 e. The van der Waals surface area contributed by atoms with Gasteiger partial charge >= 0.3 is 0 Å². The monoisotopic (exact) mass is 326 g/mol. The Labute approximate surface area is 122 Å². The molecule has 0 spiro atoms. The number of hydrogen-bond donors (Lipinski definition) is 0. The van der Waals surface area contributed by atoms with Crippen LogP contribution >= 0.6 is 27.7 Å². The molecule has 0 bridgehead atoms. The molecule has 98 valence electrons. The third-order valence-corrected chi connectivity index (χ3v) is 5.37. The summed E-state index contributed by atoms with van der Waals surface area (Å²) in [5.74, 6) is 1.40. The number of hydrogen-bond acceptors (Lipinski definition) is 2. The summed E-state index contributed by atoms with van der Waals surface area (Å²) in [6, 6.07) is 7.66. The maximum absolute atomic E-state index is 11.9. The first-order valence-electron chi connectivity index (χ1n) is 6.66. The first-order valence-corrected chi connectivity index (χ1v) is 8.50. The van der Waals surface area contributed by atoms with E-state index in [-0.39, 0.29) is 5.78 Å². The number of ketones is 1. The van der Waals surface area contributed by atoms with Crippen molar-refractivity contribution in [2.45, 2.75) is 43.8 Å². The van der Waals surface area contributed by atoms with Gasteiger partial charge in [-0.1, -0.05) is 40.9 Å². The molecule has 0 aromatic heterocycles. The van der Waals surface area contributed by atoms with Crippen LogP contribution in [0.25, 0.3) is 0 Å². The van der Waals surface area contributed by atoms with E-state index in [4.69, 9.17) is 0 Å². The largest absolute Gasteiger partial charge is 0.294 e. The van der Waals surface area contributed by atoms with E-state index in [2.05, 4.69) is 27.7 Å². The Bertz CT molecular complexity index is 382. The highest BCUT2D eigenvalue weighted by atomic mass is 79.9. The third-order valence-electron chi connectivity index (χ3n) is 3.37. The number of rotatable bonds is 6. The fourth-order valence-corrected chi connectivity index (χ4v) is 3.89. The summed E-state index contributed by atoms with van der Waals surface area (Å²) in [7, 11) is 0. The van der Waals surface area contributed by atoms with Gasteiger partial charge in [0.1, 0.15) is 0 Å². The first-order chi connectivity index (χ1) is 8.75. The lowest BCUT2D eigenvalue weighted by atomic mass is 10.1. The highest BCUT2D eigenvalue weighted by Gasteiger charge is 2.15. The summed E-state index contributed by atoms with van der Waals surface area (Å²) in [4.78, 5) is 11.9. The van der Waals surface area contributed by atoms with E-state index >= 15 is 0 Å². The second-order valence-electron chi connectivity index (χ2n) is 4.81. The van der Waals surface area contributed by atoms with Crippen LogP contribution in [0.15, 0.2) is 28.7 Å². The molecule has 0 amide bonds. The van der Waals surface area contributed by atoms with Crippen molar-refractivity contribution >= 4 is 33.5 Å². The summed E-state index contributed by atoms with van der Waals surface area (Å²) in [5, 5.41) is 0.868. The average Bonchev–Trinajstić information content (AvgIpc) is 2.88. The number of thioether (sulfide) groups is 1. The van der Waals surface area contributed by atoms with E-state index < -0.39 is 0 Å². The smallest absolute Gasteiger partial charge is 0.162 e. The fraction of sp³-hybridized carbons (Fsp3) is 0.533. The van der Waals surface area contributed by atoms with Crippen molar-refractivity contribution in [2.75, 3.05) is 5.75 Å². The quantitative estimate of drug-likeness (QED) is 0.535. The SMILES string of the molecule is O=C(CCCSC1CCCC1)c1ccc(Br)cc1. The van der Waals surface area contributed by atoms with E-state index in [0.29, 0.717) is 6.42 Å². The summed E-state index contributed by atoms with van der Waals surface area (Å²) in [6.07, 6.45) is 7.25. The van der Waals surface area contributed by atoms with Gasteiger partial charge in [0.15, 0.2) is 5.78 Å². The lowest BCUT2D eigenvalue weighted by molar-refractivity contribution is 0.0982. The van der Waals surface area contributed by atoms with Crippen molar-refractivity contribution in [3.05, 3.63) is 34.3 Å². The van der Waals surface area contributed by atoms with Gasteiger partial charge in [0, 0.05) is 21.7 Å². The topological polar surface area (TPSA) is 17.1 Å². The minimum absolute atomic E-state index is 0.273. The molecule has 0 unspecified atom stereocenters. The molecule has 0 aliphatic heterocycles. The van der Waals surface area contributed by atoms with E-state index in [0.717, 1.165) is 27.5 Å². The molecule has 0 radical (unpaired) electrons. The molecule has 0 atom stereocenters. The van der Waals surface area contributed by atoms with E-state index in [9.17, 15) is 4.79 Å². The highest BCUT2D eigenvalue weighted by Crippen LogP contribution is 2.29. The van der Waals surface area contributed by atoms with Crippen LogP contribution < -0.4 is 0 Å². The van der Waals surface area contributed by atoms with Crippen LogP contribution in [-0.2, 0) is 0 Å². The molecular weight excluding hydrogens is 308 g/mol. The molecule has 1 saturated carbocycles. The Morgan fingerprint density at radius 2 is 1.89 bits per heavy atom. The van der Waals surface area contributed by atoms with Gasteiger partial charge in [0.05, 0.1) is 0 Å². The molecular formula is C15H19BrOS. The van der Waals surface area contributed by atoms with Crippen LogP contribution in [0.4, 0.5) is 0 Å². The van der Waals surface area contributed by atoms with Crippen LogP contribution in [-0.4, -0.2) is 16.8 Å². The number of carbonyl (C=O) groups excluding carboxylic acids is 1. The van der Waals surface area contributed by atoms with Crippen molar-refractivity contribution in [3.8, 4) is 0 Å². The van der Waals surface area contributed by atoms with Crippen molar-refractivity contribution in [3.63, 3.8) is 0 Å². The summed E-state index contributed by atoms with van der Waals surface area (Å²) in [5.41, 5.74) is 0.837. The second-order valence-corrected chi connectivity index (χ2v) is 7.13. The Morgan fingerprint density at radius 3 is 2.56 bits per heavy atom. The molecule has 0 saturated heterocycles. The van der Waals surface area contributed by atoms with Crippen molar-refractivity contribution in [1.82, 2.24) is 0 Å². The zero-order valence-electron chi connectivity index (χ0n) is 10.5. The van der Waals surface area contributed by atoms with E-state index in [1.165, 1.54) is 25.7 Å². The minimum atomic E-state index is 0.273. The summed E-state index contributed by atoms with van der Waals surface area (Å²) in [6.45, 7) is 0. The molecule has 0 heterocycles. The standard InChI is InChI=1S/C15H19BrOS/c16-13-9-7-12(8-10-13)15(17)6-3-11-18-14-4-1-2-5-14/h7-10,14H,1-6,11H2. The van der Waals surface area contributed by atoms with Gasteiger partial charge in [-0.15, -0.1) is 0 Å². The minimum Gasteiger partial charge on any atom is -0.294 e. The number of carbonyl (C=O) groups is 1. The van der Waals surface area contributed by atoms with Gasteiger partial charge in [-0.25, -0.2) is 0 Å². The molecule has 1 aliphatic carbocycles.